The average molecular weight is 222 g/mol. The van der Waals surface area contributed by atoms with E-state index in [1.807, 2.05) is 0 Å². The van der Waals surface area contributed by atoms with Gasteiger partial charge in [-0.1, -0.05) is 0 Å². The topological polar surface area (TPSA) is 43.2 Å². The van der Waals surface area contributed by atoms with Crippen LogP contribution in [0.3, 0.4) is 0 Å². The molecule has 0 aliphatic carbocycles. The number of likely N-dealkylation sites (N-methyl/N-ethyl adjacent to an activating group) is 1. The highest BCUT2D eigenvalue weighted by Gasteiger charge is 2.24. The maximum Gasteiger partial charge on any atom is 0.134 e. The summed E-state index contributed by atoms with van der Waals surface area (Å²) >= 11 is 1.56. The van der Waals surface area contributed by atoms with Crippen molar-refractivity contribution >= 4 is 11.3 Å². The second-order valence-electron chi connectivity index (χ2n) is 3.77. The van der Waals surface area contributed by atoms with E-state index >= 15 is 0 Å². The number of hydrogen-bond donors (Lipinski definition) is 0. The number of nitrogens with zero attached hydrogens (tertiary/aromatic N) is 4. The Morgan fingerprint density at radius 2 is 2.20 bits per heavy atom. The summed E-state index contributed by atoms with van der Waals surface area (Å²) in [4.78, 5) is 9.61. The fourth-order valence-corrected chi connectivity index (χ4v) is 2.46. The quantitative estimate of drug-likeness (QED) is 0.747. The van der Waals surface area contributed by atoms with Gasteiger partial charge in [0.2, 0.25) is 0 Å². The number of piperazine rings is 1. The van der Waals surface area contributed by atoms with Gasteiger partial charge in [-0.15, -0.1) is 11.3 Å². The summed E-state index contributed by atoms with van der Waals surface area (Å²) in [6.45, 7) is 4.01. The predicted molar refractivity (Wildman–Crippen MR) is 59.5 cm³/mol. The van der Waals surface area contributed by atoms with Crippen LogP contribution < -0.4 is 0 Å². The molecule has 1 aliphatic heterocycles. The Morgan fingerprint density at radius 1 is 1.47 bits per heavy atom. The van der Waals surface area contributed by atoms with E-state index in [0.29, 0.717) is 0 Å². The van der Waals surface area contributed by atoms with Crippen LogP contribution in [0.4, 0.5) is 0 Å². The lowest BCUT2D eigenvalue weighted by atomic mass is 10.2. The number of nitriles is 1. The van der Waals surface area contributed by atoms with Crippen molar-refractivity contribution in [1.29, 1.82) is 5.26 Å². The van der Waals surface area contributed by atoms with E-state index in [4.69, 9.17) is 0 Å². The van der Waals surface area contributed by atoms with Gasteiger partial charge in [-0.25, -0.2) is 0 Å². The normalized spacial score (nSPS) is 21.1. The molecule has 1 saturated heterocycles. The third-order valence-electron chi connectivity index (χ3n) is 2.75. The summed E-state index contributed by atoms with van der Waals surface area (Å²) in [5.41, 5.74) is 1.79. The van der Waals surface area contributed by atoms with Crippen LogP contribution in [0.15, 0.2) is 11.7 Å². The van der Waals surface area contributed by atoms with Crippen LogP contribution in [-0.4, -0.2) is 48.0 Å². The van der Waals surface area contributed by atoms with Crippen LogP contribution in [0, 0.1) is 11.3 Å². The third-order valence-corrected chi connectivity index (χ3v) is 3.57. The first-order valence-electron chi connectivity index (χ1n) is 5.02. The molecular formula is C10H14N4S. The fraction of sp³-hybridized carbons (Fsp3) is 0.600. The molecule has 0 radical (unpaired) electrons. The molecule has 5 heteroatoms. The lowest BCUT2D eigenvalue weighted by molar-refractivity contribution is 0.134. The largest absolute Gasteiger partial charge is 0.304 e. The molecule has 1 aromatic heterocycles. The van der Waals surface area contributed by atoms with Crippen molar-refractivity contribution in [3.05, 3.63) is 16.6 Å². The van der Waals surface area contributed by atoms with Crippen molar-refractivity contribution in [3.8, 4) is 6.07 Å². The summed E-state index contributed by atoms with van der Waals surface area (Å²) in [7, 11) is 2.12. The molecule has 0 bridgehead atoms. The van der Waals surface area contributed by atoms with Gasteiger partial charge in [0, 0.05) is 32.4 Å². The van der Waals surface area contributed by atoms with E-state index in [-0.39, 0.29) is 6.04 Å². The molecule has 0 N–H and O–H groups in total. The Labute approximate surface area is 93.8 Å². The number of hydrogen-bond acceptors (Lipinski definition) is 5. The second kappa shape index (κ2) is 4.71. The van der Waals surface area contributed by atoms with Gasteiger partial charge in [0.1, 0.15) is 6.04 Å². The van der Waals surface area contributed by atoms with Crippen molar-refractivity contribution < 1.29 is 0 Å². The summed E-state index contributed by atoms with van der Waals surface area (Å²) in [6, 6.07) is 2.26. The van der Waals surface area contributed by atoms with Gasteiger partial charge in [0.15, 0.2) is 0 Å². The second-order valence-corrected chi connectivity index (χ2v) is 4.69. The molecule has 0 spiro atoms. The van der Waals surface area contributed by atoms with Crippen LogP contribution in [0.1, 0.15) is 10.9 Å². The summed E-state index contributed by atoms with van der Waals surface area (Å²) in [5, 5.41) is 9.19. The molecule has 1 atom stereocenters. The van der Waals surface area contributed by atoms with E-state index < -0.39 is 0 Å². The average Bonchev–Trinajstić information content (AvgIpc) is 2.75. The monoisotopic (exact) mass is 222 g/mol. The zero-order chi connectivity index (χ0) is 10.7. The standard InChI is InChI=1S/C10H14N4S/c1-13-2-4-14(5-3-13)9(6-11)10-7-12-8-15-10/h7-9H,2-5H2,1H3. The summed E-state index contributed by atoms with van der Waals surface area (Å²) in [6.07, 6.45) is 1.80. The van der Waals surface area contributed by atoms with Crippen LogP contribution >= 0.6 is 11.3 Å². The molecule has 2 rings (SSSR count). The molecule has 1 aromatic rings. The minimum absolute atomic E-state index is 0.105. The van der Waals surface area contributed by atoms with Crippen molar-refractivity contribution in [1.82, 2.24) is 14.8 Å². The van der Waals surface area contributed by atoms with Crippen molar-refractivity contribution in [2.45, 2.75) is 6.04 Å². The molecule has 1 aliphatic rings. The van der Waals surface area contributed by atoms with Gasteiger partial charge in [0.05, 0.1) is 16.5 Å². The van der Waals surface area contributed by atoms with Crippen molar-refractivity contribution in [3.63, 3.8) is 0 Å². The Hall–Kier alpha value is -0.960. The van der Waals surface area contributed by atoms with Gasteiger partial charge in [0.25, 0.3) is 0 Å². The minimum atomic E-state index is -0.105. The van der Waals surface area contributed by atoms with Gasteiger partial charge < -0.3 is 4.90 Å². The van der Waals surface area contributed by atoms with Gasteiger partial charge >= 0.3 is 0 Å². The molecule has 0 aromatic carbocycles. The number of thiazole rings is 1. The van der Waals surface area contributed by atoms with Gasteiger partial charge in [-0.05, 0) is 7.05 Å². The maximum absolute atomic E-state index is 9.19. The third kappa shape index (κ3) is 2.34. The van der Waals surface area contributed by atoms with E-state index in [1.54, 1.807) is 23.0 Å². The Bertz CT molecular complexity index is 335. The Kier molecular flexibility index (Phi) is 3.31. The molecule has 1 unspecified atom stereocenters. The SMILES string of the molecule is CN1CCN(C(C#N)c2cncs2)CC1. The van der Waals surface area contributed by atoms with E-state index in [0.717, 1.165) is 31.1 Å². The van der Waals surface area contributed by atoms with E-state index in [1.165, 1.54) is 0 Å². The van der Waals surface area contributed by atoms with Crippen LogP contribution in [-0.2, 0) is 0 Å². The van der Waals surface area contributed by atoms with Crippen LogP contribution in [0.25, 0.3) is 0 Å². The summed E-state index contributed by atoms with van der Waals surface area (Å²) < 4.78 is 0. The Balaban J connectivity index is 2.05. The molecule has 0 saturated carbocycles. The molecule has 1 fully saturated rings. The van der Waals surface area contributed by atoms with Crippen LogP contribution in [0.5, 0.6) is 0 Å². The van der Waals surface area contributed by atoms with Gasteiger partial charge in [-0.3, -0.25) is 9.88 Å². The number of rotatable bonds is 2. The smallest absolute Gasteiger partial charge is 0.134 e. The zero-order valence-corrected chi connectivity index (χ0v) is 9.57. The summed E-state index contributed by atoms with van der Waals surface area (Å²) in [5.74, 6) is 0. The van der Waals surface area contributed by atoms with Crippen molar-refractivity contribution in [2.75, 3.05) is 33.2 Å². The lowest BCUT2D eigenvalue weighted by Gasteiger charge is -2.34. The highest BCUT2D eigenvalue weighted by Crippen LogP contribution is 2.23. The van der Waals surface area contributed by atoms with E-state index in [9.17, 15) is 5.26 Å². The first-order chi connectivity index (χ1) is 7.31. The zero-order valence-electron chi connectivity index (χ0n) is 8.76. The number of aromatic nitrogens is 1. The molecule has 0 amide bonds. The first-order valence-corrected chi connectivity index (χ1v) is 5.90. The van der Waals surface area contributed by atoms with Gasteiger partial charge in [-0.2, -0.15) is 5.26 Å². The Morgan fingerprint density at radius 3 is 2.73 bits per heavy atom. The molecule has 4 nitrogen and oxygen atoms in total. The molecule has 80 valence electrons. The highest BCUT2D eigenvalue weighted by atomic mass is 32.1. The highest BCUT2D eigenvalue weighted by molar-refractivity contribution is 7.09. The minimum Gasteiger partial charge on any atom is -0.304 e. The van der Waals surface area contributed by atoms with Crippen molar-refractivity contribution in [2.24, 2.45) is 0 Å². The maximum atomic E-state index is 9.19. The predicted octanol–water partition coefficient (Wildman–Crippen LogP) is 0.955. The molecule has 15 heavy (non-hydrogen) atoms. The van der Waals surface area contributed by atoms with Crippen LogP contribution in [0.2, 0.25) is 0 Å². The molecule has 2 heterocycles. The van der Waals surface area contributed by atoms with E-state index in [2.05, 4.69) is 27.9 Å². The lowest BCUT2D eigenvalue weighted by Crippen LogP contribution is -2.45. The fourth-order valence-electron chi connectivity index (χ4n) is 1.77. The first kappa shape index (κ1) is 10.6. The molecular weight excluding hydrogens is 208 g/mol.